The summed E-state index contributed by atoms with van der Waals surface area (Å²) in [6.07, 6.45) is 0. The molecule has 7 heterocycles. The molecule has 0 saturated carbocycles. The monoisotopic (exact) mass is 1340 g/mol. The molecule has 102 heavy (non-hydrogen) atoms. The van der Waals surface area contributed by atoms with E-state index in [0.717, 1.165) is 128 Å². The Balaban J connectivity index is 0.000000122. The topological polar surface area (TPSA) is 88.5 Å². The zero-order valence-electron chi connectivity index (χ0n) is 56.7. The standard InChI is InChI=1S/C43H28N2O.C31H29BO3.C18H11ClN2/c1-3-11-29(12-4-1)37-27-23-31-19-20-32-24-28-38(45-42(32)41(31)44-37)30-21-25-34(26-22-30)43(33-13-5-2-6-14-33)35-15-7-9-17-39(35)46-40-18-10-8-16-36(40)43;1-29(2)30(3,4)35-32(34-29)24-20-18-23(19-21-24)31(22-12-6-5-7-13-22)25-14-8-10-16-27(25)33-28-17-11-9-15-26(28)31;19-16-11-9-14-7-6-13-8-10-15(12-4-2-1-3-5-12)20-17(13)18(14)21-16/h1-28H;5-21H,1-4H3;1-11H. The molecule has 16 aromatic rings. The maximum absolute atomic E-state index is 6.47. The number of nitrogens with zero attached hydrogens (tertiary/aromatic N) is 4. The van der Waals surface area contributed by atoms with Crippen LogP contribution < -0.4 is 14.9 Å². The fourth-order valence-electron chi connectivity index (χ4n) is 14.9. The molecule has 0 atom stereocenters. The Morgan fingerprint density at radius 3 is 0.902 bits per heavy atom. The highest BCUT2D eigenvalue weighted by atomic mass is 35.5. The molecule has 3 aliphatic rings. The maximum atomic E-state index is 6.47. The van der Waals surface area contributed by atoms with Crippen LogP contribution in [0.3, 0.4) is 0 Å². The summed E-state index contributed by atoms with van der Waals surface area (Å²) in [5, 5.41) is 4.75. The van der Waals surface area contributed by atoms with Crippen molar-refractivity contribution in [3.63, 3.8) is 0 Å². The molecular weight excluding hydrogens is 1270 g/mol. The fraction of sp³-hybridized carbons (Fsp3) is 0.0870. The Bertz CT molecular complexity index is 5700. The lowest BCUT2D eigenvalue weighted by atomic mass is 9.63. The highest BCUT2D eigenvalue weighted by Crippen LogP contribution is 2.57. The zero-order valence-corrected chi connectivity index (χ0v) is 57.5. The van der Waals surface area contributed by atoms with E-state index in [1.807, 2.05) is 78.9 Å². The average molecular weight is 1340 g/mol. The van der Waals surface area contributed by atoms with E-state index < -0.39 is 17.9 Å². The molecule has 0 amide bonds. The van der Waals surface area contributed by atoms with Gasteiger partial charge < -0.3 is 18.8 Å². The van der Waals surface area contributed by atoms with Crippen molar-refractivity contribution in [1.29, 1.82) is 0 Å². The van der Waals surface area contributed by atoms with Crippen molar-refractivity contribution in [2.45, 2.75) is 49.7 Å². The number of aromatic nitrogens is 4. The fourth-order valence-corrected chi connectivity index (χ4v) is 15.1. The molecule has 1 saturated heterocycles. The smallest absolute Gasteiger partial charge is 0.457 e. The largest absolute Gasteiger partial charge is 0.494 e. The lowest BCUT2D eigenvalue weighted by Crippen LogP contribution is -2.41. The lowest BCUT2D eigenvalue weighted by molar-refractivity contribution is 0.00578. The third kappa shape index (κ3) is 11.1. The number of hydrogen-bond donors (Lipinski definition) is 0. The number of ether oxygens (including phenoxy) is 2. The second kappa shape index (κ2) is 26.0. The summed E-state index contributed by atoms with van der Waals surface area (Å²) in [6, 6.07) is 118. The van der Waals surface area contributed by atoms with Crippen LogP contribution >= 0.6 is 11.6 Å². The third-order valence-electron chi connectivity index (χ3n) is 20.6. The van der Waals surface area contributed by atoms with Crippen LogP contribution in [-0.4, -0.2) is 38.3 Å². The van der Waals surface area contributed by atoms with Gasteiger partial charge in [0.05, 0.1) is 61.2 Å². The Labute approximate surface area is 598 Å². The second-order valence-electron chi connectivity index (χ2n) is 27.1. The summed E-state index contributed by atoms with van der Waals surface area (Å²) in [5.74, 6) is 3.51. The maximum Gasteiger partial charge on any atom is 0.494 e. The number of pyridine rings is 4. The summed E-state index contributed by atoms with van der Waals surface area (Å²) in [5.41, 5.74) is 18.1. The van der Waals surface area contributed by atoms with Gasteiger partial charge in [-0.05, 0) is 110 Å². The molecule has 3 aliphatic heterocycles. The number of benzene rings is 12. The van der Waals surface area contributed by atoms with Gasteiger partial charge in [0.15, 0.2) is 0 Å². The Kier molecular flexibility index (Phi) is 16.2. The van der Waals surface area contributed by atoms with E-state index in [0.29, 0.717) is 5.15 Å². The van der Waals surface area contributed by atoms with Crippen LogP contribution in [0, 0.1) is 0 Å². The summed E-state index contributed by atoms with van der Waals surface area (Å²) < 4.78 is 25.5. The Hall–Kier alpha value is -11.8. The van der Waals surface area contributed by atoms with Crippen molar-refractivity contribution in [1.82, 2.24) is 19.9 Å². The number of para-hydroxylation sites is 4. The average Bonchev–Trinajstić information content (AvgIpc) is 0.925. The first-order valence-electron chi connectivity index (χ1n) is 34.5. The van der Waals surface area contributed by atoms with Gasteiger partial charge in [-0.15, -0.1) is 0 Å². The van der Waals surface area contributed by atoms with Crippen LogP contribution in [0.15, 0.2) is 340 Å². The predicted octanol–water partition coefficient (Wildman–Crippen LogP) is 22.2. The van der Waals surface area contributed by atoms with E-state index in [1.54, 1.807) is 6.07 Å². The minimum Gasteiger partial charge on any atom is -0.457 e. The van der Waals surface area contributed by atoms with Gasteiger partial charge in [-0.1, -0.05) is 297 Å². The predicted molar refractivity (Wildman–Crippen MR) is 414 cm³/mol. The van der Waals surface area contributed by atoms with E-state index in [4.69, 9.17) is 45.3 Å². The molecule has 0 aliphatic carbocycles. The van der Waals surface area contributed by atoms with Gasteiger partial charge in [0.2, 0.25) is 0 Å². The molecule has 0 bridgehead atoms. The van der Waals surface area contributed by atoms with Crippen molar-refractivity contribution >= 4 is 67.8 Å². The Morgan fingerprint density at radius 1 is 0.265 bits per heavy atom. The molecule has 490 valence electrons. The van der Waals surface area contributed by atoms with E-state index in [-0.39, 0.29) is 11.2 Å². The molecule has 4 aromatic heterocycles. The summed E-state index contributed by atoms with van der Waals surface area (Å²) in [4.78, 5) is 19.5. The van der Waals surface area contributed by atoms with Crippen LogP contribution in [0.1, 0.15) is 72.2 Å². The highest BCUT2D eigenvalue weighted by Gasteiger charge is 2.52. The number of hydrogen-bond acceptors (Lipinski definition) is 8. The van der Waals surface area contributed by atoms with Crippen molar-refractivity contribution in [2.75, 3.05) is 0 Å². The van der Waals surface area contributed by atoms with Gasteiger partial charge in [-0.2, -0.15) is 0 Å². The first-order chi connectivity index (χ1) is 49.9. The first kappa shape index (κ1) is 63.6. The zero-order chi connectivity index (χ0) is 69.0. The summed E-state index contributed by atoms with van der Waals surface area (Å²) >= 11 is 6.04. The molecule has 19 rings (SSSR count). The SMILES string of the molecule is CC1(C)OB(c2ccc(C3(c4ccccc4)c4ccccc4Oc4ccccc43)cc2)OC1(C)C.Clc1ccc2ccc3ccc(-c4ccccc4)nc3c2n1.c1ccc(-c2ccc3ccc4ccc(-c5ccc(C6(c7ccccc7)c7ccccc7Oc7ccccc76)cc5)nc4c3n2)cc1. The van der Waals surface area contributed by atoms with Crippen molar-refractivity contribution in [3.05, 3.63) is 389 Å². The summed E-state index contributed by atoms with van der Waals surface area (Å²) in [7, 11) is -0.393. The first-order valence-corrected chi connectivity index (χ1v) is 34.9. The van der Waals surface area contributed by atoms with Gasteiger partial charge in [0.25, 0.3) is 0 Å². The molecule has 12 aromatic carbocycles. The van der Waals surface area contributed by atoms with Crippen LogP contribution in [0.25, 0.3) is 77.4 Å². The van der Waals surface area contributed by atoms with Gasteiger partial charge in [-0.25, -0.2) is 19.9 Å². The van der Waals surface area contributed by atoms with Gasteiger partial charge in [0, 0.05) is 60.5 Å². The van der Waals surface area contributed by atoms with Crippen molar-refractivity contribution in [3.8, 4) is 56.8 Å². The molecule has 8 nitrogen and oxygen atoms in total. The summed E-state index contributed by atoms with van der Waals surface area (Å²) in [6.45, 7) is 8.34. The second-order valence-corrected chi connectivity index (χ2v) is 27.5. The van der Waals surface area contributed by atoms with E-state index >= 15 is 0 Å². The van der Waals surface area contributed by atoms with Crippen LogP contribution in [-0.2, 0) is 20.1 Å². The molecule has 1 fully saturated rings. The lowest BCUT2D eigenvalue weighted by Gasteiger charge is -2.41. The number of rotatable bonds is 8. The normalized spacial score (nSPS) is 14.7. The molecular formula is C92H68BClN4O4. The van der Waals surface area contributed by atoms with Crippen LogP contribution in [0.2, 0.25) is 5.15 Å². The third-order valence-corrected chi connectivity index (χ3v) is 20.9. The van der Waals surface area contributed by atoms with Crippen molar-refractivity contribution < 1.29 is 18.8 Å². The van der Waals surface area contributed by atoms with Gasteiger partial charge in [-0.3, -0.25) is 0 Å². The molecule has 0 spiro atoms. The van der Waals surface area contributed by atoms with E-state index in [1.165, 1.54) is 22.3 Å². The van der Waals surface area contributed by atoms with E-state index in [2.05, 4.69) is 287 Å². The molecule has 0 unspecified atom stereocenters. The number of halogens is 1. The van der Waals surface area contributed by atoms with Gasteiger partial charge in [0.1, 0.15) is 28.2 Å². The molecule has 0 radical (unpaired) electrons. The minimum atomic E-state index is -0.546. The molecule has 0 N–H and O–H groups in total. The highest BCUT2D eigenvalue weighted by molar-refractivity contribution is 6.62. The van der Waals surface area contributed by atoms with Gasteiger partial charge >= 0.3 is 7.12 Å². The minimum absolute atomic E-state index is 0.375. The van der Waals surface area contributed by atoms with Crippen LogP contribution in [0.5, 0.6) is 23.0 Å². The number of fused-ring (bicyclic) bond motifs is 10. The van der Waals surface area contributed by atoms with E-state index in [9.17, 15) is 0 Å². The van der Waals surface area contributed by atoms with Crippen molar-refractivity contribution in [2.24, 2.45) is 0 Å². The Morgan fingerprint density at radius 2 is 0.539 bits per heavy atom. The molecule has 10 heteroatoms. The quantitative estimate of drug-likeness (QED) is 0.0845. The van der Waals surface area contributed by atoms with Crippen LogP contribution in [0.4, 0.5) is 0 Å².